The van der Waals surface area contributed by atoms with Gasteiger partial charge in [-0.1, -0.05) is 13.3 Å². The van der Waals surface area contributed by atoms with Crippen molar-refractivity contribution < 1.29 is 0 Å². The Morgan fingerprint density at radius 2 is 1.94 bits per heavy atom. The Morgan fingerprint density at radius 1 is 1.12 bits per heavy atom. The van der Waals surface area contributed by atoms with Gasteiger partial charge in [-0.2, -0.15) is 0 Å². The maximum Gasteiger partial charge on any atom is 0.132 e. The number of anilines is 1. The Balaban J connectivity index is 2.38. The molecule has 0 amide bonds. The van der Waals surface area contributed by atoms with Crippen molar-refractivity contribution in [2.75, 3.05) is 12.4 Å². The Hall–Kier alpha value is -1.12. The van der Waals surface area contributed by atoms with E-state index in [4.69, 9.17) is 4.98 Å². The zero-order chi connectivity index (χ0) is 11.4. The fourth-order valence-electron chi connectivity index (χ4n) is 2.36. The lowest BCUT2D eigenvalue weighted by atomic mass is 10.1. The molecule has 0 unspecified atom stereocenters. The molecule has 1 aromatic rings. The van der Waals surface area contributed by atoms with Crippen LogP contribution in [0.5, 0.6) is 0 Å². The standard InChI is InChI=1S/C13H21N3/c1-3-7-12-15-11-9-6-4-5-8-10(11)13(14-2)16-12/h3-9H2,1-2H3,(H,14,15,16). The van der Waals surface area contributed by atoms with Crippen molar-refractivity contribution in [1.29, 1.82) is 0 Å². The average molecular weight is 219 g/mol. The van der Waals surface area contributed by atoms with Crippen molar-refractivity contribution in [3.05, 3.63) is 17.1 Å². The molecule has 2 rings (SSSR count). The monoisotopic (exact) mass is 219 g/mol. The summed E-state index contributed by atoms with van der Waals surface area (Å²) in [6.45, 7) is 2.17. The summed E-state index contributed by atoms with van der Waals surface area (Å²) in [6, 6.07) is 0. The number of aromatic nitrogens is 2. The van der Waals surface area contributed by atoms with E-state index in [2.05, 4.69) is 17.2 Å². The molecule has 16 heavy (non-hydrogen) atoms. The molecule has 0 aliphatic heterocycles. The summed E-state index contributed by atoms with van der Waals surface area (Å²) >= 11 is 0. The molecule has 0 aromatic carbocycles. The van der Waals surface area contributed by atoms with Crippen LogP contribution in [0.4, 0.5) is 5.82 Å². The predicted octanol–water partition coefficient (Wildman–Crippen LogP) is 2.74. The molecule has 1 aromatic heterocycles. The van der Waals surface area contributed by atoms with E-state index in [0.29, 0.717) is 0 Å². The second-order valence-corrected chi connectivity index (χ2v) is 4.47. The van der Waals surface area contributed by atoms with E-state index in [1.165, 1.54) is 30.5 Å². The number of hydrogen-bond donors (Lipinski definition) is 1. The number of hydrogen-bond acceptors (Lipinski definition) is 3. The first-order chi connectivity index (χ1) is 7.85. The van der Waals surface area contributed by atoms with E-state index in [0.717, 1.165) is 37.3 Å². The third-order valence-corrected chi connectivity index (χ3v) is 3.19. The second kappa shape index (κ2) is 5.28. The van der Waals surface area contributed by atoms with Crippen molar-refractivity contribution in [3.8, 4) is 0 Å². The molecule has 0 spiro atoms. The zero-order valence-electron chi connectivity index (χ0n) is 10.3. The Morgan fingerprint density at radius 3 is 2.69 bits per heavy atom. The van der Waals surface area contributed by atoms with Crippen LogP contribution >= 0.6 is 0 Å². The van der Waals surface area contributed by atoms with Crippen LogP contribution < -0.4 is 5.32 Å². The van der Waals surface area contributed by atoms with Gasteiger partial charge in [0.05, 0.1) is 0 Å². The average Bonchev–Trinajstić information content (AvgIpc) is 2.53. The molecular formula is C13H21N3. The lowest BCUT2D eigenvalue weighted by molar-refractivity contribution is 0.707. The molecule has 0 radical (unpaired) electrons. The van der Waals surface area contributed by atoms with Gasteiger partial charge >= 0.3 is 0 Å². The minimum absolute atomic E-state index is 0.988. The van der Waals surface area contributed by atoms with Gasteiger partial charge in [-0.3, -0.25) is 0 Å². The van der Waals surface area contributed by atoms with Crippen LogP contribution in [0, 0.1) is 0 Å². The third-order valence-electron chi connectivity index (χ3n) is 3.19. The summed E-state index contributed by atoms with van der Waals surface area (Å²) in [6.07, 6.45) is 8.24. The number of nitrogens with zero attached hydrogens (tertiary/aromatic N) is 2. The molecule has 1 N–H and O–H groups in total. The first kappa shape index (κ1) is 11.4. The maximum absolute atomic E-state index is 4.72. The van der Waals surface area contributed by atoms with E-state index in [1.807, 2.05) is 7.05 Å². The molecule has 88 valence electrons. The van der Waals surface area contributed by atoms with E-state index in [1.54, 1.807) is 0 Å². The summed E-state index contributed by atoms with van der Waals surface area (Å²) in [5.74, 6) is 2.07. The molecule has 1 aliphatic carbocycles. The SMILES string of the molecule is CCCc1nc2c(c(NC)n1)CCCCC2. The van der Waals surface area contributed by atoms with Gasteiger partial charge in [0.2, 0.25) is 0 Å². The molecule has 0 saturated heterocycles. The van der Waals surface area contributed by atoms with Gasteiger partial charge < -0.3 is 5.32 Å². The molecule has 3 heteroatoms. The van der Waals surface area contributed by atoms with Crippen LogP contribution in [0.1, 0.15) is 49.7 Å². The van der Waals surface area contributed by atoms with Crippen LogP contribution in [-0.4, -0.2) is 17.0 Å². The van der Waals surface area contributed by atoms with Gasteiger partial charge in [-0.05, 0) is 32.1 Å². The minimum atomic E-state index is 0.988. The molecule has 0 saturated carbocycles. The minimum Gasteiger partial charge on any atom is -0.373 e. The van der Waals surface area contributed by atoms with Crippen molar-refractivity contribution >= 4 is 5.82 Å². The highest BCUT2D eigenvalue weighted by Crippen LogP contribution is 2.24. The van der Waals surface area contributed by atoms with Crippen molar-refractivity contribution in [2.24, 2.45) is 0 Å². The van der Waals surface area contributed by atoms with Crippen LogP contribution in [-0.2, 0) is 19.3 Å². The maximum atomic E-state index is 4.72. The lowest BCUT2D eigenvalue weighted by Gasteiger charge is -2.12. The van der Waals surface area contributed by atoms with Crippen LogP contribution in [0.2, 0.25) is 0 Å². The van der Waals surface area contributed by atoms with Gasteiger partial charge in [-0.15, -0.1) is 0 Å². The third kappa shape index (κ3) is 2.34. The van der Waals surface area contributed by atoms with Gasteiger partial charge in [0.15, 0.2) is 0 Å². The summed E-state index contributed by atoms with van der Waals surface area (Å²) in [5.41, 5.74) is 2.65. The molecule has 0 bridgehead atoms. The molecular weight excluding hydrogens is 198 g/mol. The first-order valence-electron chi connectivity index (χ1n) is 6.41. The summed E-state index contributed by atoms with van der Waals surface area (Å²) in [5, 5.41) is 3.23. The summed E-state index contributed by atoms with van der Waals surface area (Å²) < 4.78 is 0. The quantitative estimate of drug-likeness (QED) is 0.794. The van der Waals surface area contributed by atoms with Gasteiger partial charge in [0.25, 0.3) is 0 Å². The van der Waals surface area contributed by atoms with E-state index >= 15 is 0 Å². The summed E-state index contributed by atoms with van der Waals surface area (Å²) in [7, 11) is 1.96. The predicted molar refractivity (Wildman–Crippen MR) is 66.8 cm³/mol. The smallest absolute Gasteiger partial charge is 0.132 e. The number of aryl methyl sites for hydroxylation is 2. The molecule has 1 aliphatic rings. The highest BCUT2D eigenvalue weighted by Gasteiger charge is 2.15. The number of nitrogens with one attached hydrogen (secondary N) is 1. The van der Waals surface area contributed by atoms with E-state index < -0.39 is 0 Å². The fraction of sp³-hybridized carbons (Fsp3) is 0.692. The topological polar surface area (TPSA) is 37.8 Å². The fourth-order valence-corrected chi connectivity index (χ4v) is 2.36. The van der Waals surface area contributed by atoms with Gasteiger partial charge in [0.1, 0.15) is 11.6 Å². The molecule has 1 heterocycles. The Labute approximate surface area is 97.7 Å². The summed E-state index contributed by atoms with van der Waals surface area (Å²) in [4.78, 5) is 9.33. The normalized spacial score (nSPS) is 15.4. The first-order valence-corrected chi connectivity index (χ1v) is 6.41. The highest BCUT2D eigenvalue weighted by atomic mass is 15.0. The van der Waals surface area contributed by atoms with Crippen LogP contribution in [0.3, 0.4) is 0 Å². The van der Waals surface area contributed by atoms with Crippen molar-refractivity contribution in [2.45, 2.75) is 51.9 Å². The zero-order valence-corrected chi connectivity index (χ0v) is 10.3. The van der Waals surface area contributed by atoms with E-state index in [9.17, 15) is 0 Å². The highest BCUT2D eigenvalue weighted by molar-refractivity contribution is 5.46. The number of rotatable bonds is 3. The van der Waals surface area contributed by atoms with Crippen molar-refractivity contribution in [1.82, 2.24) is 9.97 Å². The van der Waals surface area contributed by atoms with Crippen LogP contribution in [0.25, 0.3) is 0 Å². The Kier molecular flexibility index (Phi) is 3.75. The Bertz CT molecular complexity index is 360. The molecule has 0 atom stereocenters. The van der Waals surface area contributed by atoms with Gasteiger partial charge in [-0.25, -0.2) is 9.97 Å². The van der Waals surface area contributed by atoms with E-state index in [-0.39, 0.29) is 0 Å². The lowest BCUT2D eigenvalue weighted by Crippen LogP contribution is -2.08. The van der Waals surface area contributed by atoms with Crippen LogP contribution in [0.15, 0.2) is 0 Å². The molecule has 0 fully saturated rings. The largest absolute Gasteiger partial charge is 0.373 e. The van der Waals surface area contributed by atoms with Gasteiger partial charge in [0, 0.05) is 24.7 Å². The molecule has 3 nitrogen and oxygen atoms in total. The van der Waals surface area contributed by atoms with Crippen molar-refractivity contribution in [3.63, 3.8) is 0 Å². The second-order valence-electron chi connectivity index (χ2n) is 4.47. The number of fused-ring (bicyclic) bond motifs is 1.